The van der Waals surface area contributed by atoms with E-state index < -0.39 is 0 Å². The zero-order valence-corrected chi connectivity index (χ0v) is 17.0. The third kappa shape index (κ3) is 7.62. The van der Waals surface area contributed by atoms with Gasteiger partial charge in [0.25, 0.3) is 0 Å². The van der Waals surface area contributed by atoms with Gasteiger partial charge in [0.1, 0.15) is 0 Å². The topological polar surface area (TPSA) is 61.6 Å². The second-order valence-electron chi connectivity index (χ2n) is 7.16. The first-order chi connectivity index (χ1) is 12.1. The van der Waals surface area contributed by atoms with E-state index in [2.05, 4.69) is 52.4 Å². The summed E-state index contributed by atoms with van der Waals surface area (Å²) in [7, 11) is 0. The first-order valence-corrected chi connectivity index (χ1v) is 9.62. The molecule has 2 atom stereocenters. The lowest BCUT2D eigenvalue weighted by molar-refractivity contribution is -0.123. The van der Waals surface area contributed by atoms with E-state index in [9.17, 15) is 4.79 Å². The van der Waals surface area contributed by atoms with Gasteiger partial charge in [0.05, 0.1) is 6.04 Å². The zero-order chi connectivity index (χ0) is 18.1. The number of piperazine rings is 1. The van der Waals surface area contributed by atoms with Gasteiger partial charge in [-0.05, 0) is 24.4 Å². The minimum absolute atomic E-state index is 0. The molecule has 148 valence electrons. The van der Waals surface area contributed by atoms with Gasteiger partial charge in [-0.25, -0.2) is 0 Å². The van der Waals surface area contributed by atoms with Crippen molar-refractivity contribution in [2.75, 3.05) is 39.3 Å². The quantitative estimate of drug-likeness (QED) is 0.642. The van der Waals surface area contributed by atoms with Crippen LogP contribution in [-0.2, 0) is 11.3 Å². The lowest BCUT2D eigenvalue weighted by Gasteiger charge is -2.34. The molecular weight excluding hydrogens is 348 g/mol. The number of amides is 1. The maximum absolute atomic E-state index is 12.0. The maximum atomic E-state index is 12.0. The second kappa shape index (κ2) is 12.3. The van der Waals surface area contributed by atoms with Crippen LogP contribution in [0.25, 0.3) is 0 Å². The minimum Gasteiger partial charge on any atom is -0.355 e. The monoisotopic (exact) mass is 382 g/mol. The summed E-state index contributed by atoms with van der Waals surface area (Å²) in [5, 5.41) is 2.98. The number of hydrogen-bond donors (Lipinski definition) is 2. The van der Waals surface area contributed by atoms with Crippen molar-refractivity contribution in [1.82, 2.24) is 15.1 Å². The molecule has 1 saturated heterocycles. The predicted molar refractivity (Wildman–Crippen MR) is 110 cm³/mol. The summed E-state index contributed by atoms with van der Waals surface area (Å²) >= 11 is 0. The molecule has 2 rings (SSSR count). The van der Waals surface area contributed by atoms with Crippen LogP contribution in [0, 0.1) is 5.92 Å². The number of carbonyl (C=O) groups is 1. The first kappa shape index (κ1) is 22.9. The number of carbonyl (C=O) groups excluding carboxylic acids is 1. The van der Waals surface area contributed by atoms with Gasteiger partial charge in [0.2, 0.25) is 5.91 Å². The van der Waals surface area contributed by atoms with Crippen LogP contribution < -0.4 is 11.1 Å². The summed E-state index contributed by atoms with van der Waals surface area (Å²) < 4.78 is 0. The van der Waals surface area contributed by atoms with E-state index in [0.29, 0.717) is 6.54 Å². The molecule has 1 aliphatic rings. The molecule has 1 heterocycles. The maximum Gasteiger partial charge on any atom is 0.237 e. The largest absolute Gasteiger partial charge is 0.355 e. The Hall–Kier alpha value is -1.14. The summed E-state index contributed by atoms with van der Waals surface area (Å²) in [6, 6.07) is 10.3. The van der Waals surface area contributed by atoms with Crippen molar-refractivity contribution in [2.45, 2.75) is 39.3 Å². The van der Waals surface area contributed by atoms with Crippen LogP contribution in [0.4, 0.5) is 0 Å². The number of nitrogens with one attached hydrogen (secondary N) is 1. The van der Waals surface area contributed by atoms with E-state index in [0.717, 1.165) is 52.1 Å². The Labute approximate surface area is 164 Å². The highest BCUT2D eigenvalue weighted by atomic mass is 35.5. The van der Waals surface area contributed by atoms with E-state index in [1.165, 1.54) is 5.56 Å². The molecule has 1 fully saturated rings. The predicted octanol–water partition coefficient (Wildman–Crippen LogP) is 2.11. The van der Waals surface area contributed by atoms with Crippen molar-refractivity contribution in [3.8, 4) is 0 Å². The molecule has 1 aliphatic heterocycles. The standard InChI is InChI=1S/C20H34N4O.ClH/c1-3-17(2)19(21)20(25)22-10-7-11-23-12-14-24(15-13-23)16-18-8-5-4-6-9-18;/h4-6,8-9,17,19H,3,7,10-16,21H2,1-2H3,(H,22,25);1H. The second-order valence-corrected chi connectivity index (χ2v) is 7.16. The summed E-state index contributed by atoms with van der Waals surface area (Å²) in [5.41, 5.74) is 7.33. The molecule has 0 aromatic heterocycles. The highest BCUT2D eigenvalue weighted by molar-refractivity contribution is 5.85. The highest BCUT2D eigenvalue weighted by Gasteiger charge is 2.19. The molecule has 0 radical (unpaired) electrons. The fraction of sp³-hybridized carbons (Fsp3) is 0.650. The third-order valence-electron chi connectivity index (χ3n) is 5.22. The van der Waals surface area contributed by atoms with E-state index >= 15 is 0 Å². The van der Waals surface area contributed by atoms with Crippen molar-refractivity contribution in [3.63, 3.8) is 0 Å². The van der Waals surface area contributed by atoms with Gasteiger partial charge in [0.15, 0.2) is 0 Å². The Kier molecular flexibility index (Phi) is 10.8. The Balaban J connectivity index is 0.00000338. The normalized spacial score (nSPS) is 18.0. The minimum atomic E-state index is -0.383. The molecule has 0 saturated carbocycles. The molecule has 6 heteroatoms. The Morgan fingerprint density at radius 2 is 1.77 bits per heavy atom. The van der Waals surface area contributed by atoms with Gasteiger partial charge >= 0.3 is 0 Å². The van der Waals surface area contributed by atoms with Crippen LogP contribution in [0.2, 0.25) is 0 Å². The number of hydrogen-bond acceptors (Lipinski definition) is 4. The molecule has 2 unspecified atom stereocenters. The SMILES string of the molecule is CCC(C)C(N)C(=O)NCCCN1CCN(Cc2ccccc2)CC1.Cl. The van der Waals surface area contributed by atoms with Crippen LogP contribution >= 0.6 is 12.4 Å². The molecule has 1 aromatic carbocycles. The first-order valence-electron chi connectivity index (χ1n) is 9.62. The smallest absolute Gasteiger partial charge is 0.237 e. The van der Waals surface area contributed by atoms with E-state index in [1.54, 1.807) is 0 Å². The molecular formula is C20H35ClN4O. The fourth-order valence-corrected chi connectivity index (χ4v) is 3.16. The summed E-state index contributed by atoms with van der Waals surface area (Å²) in [6.07, 6.45) is 1.92. The average Bonchev–Trinajstić information content (AvgIpc) is 2.66. The average molecular weight is 383 g/mol. The lowest BCUT2D eigenvalue weighted by atomic mass is 9.99. The van der Waals surface area contributed by atoms with Crippen molar-refractivity contribution < 1.29 is 4.79 Å². The summed E-state index contributed by atoms with van der Waals surface area (Å²) in [4.78, 5) is 17.0. The summed E-state index contributed by atoms with van der Waals surface area (Å²) in [6.45, 7) is 11.3. The van der Waals surface area contributed by atoms with Crippen LogP contribution in [0.5, 0.6) is 0 Å². The number of rotatable bonds is 9. The van der Waals surface area contributed by atoms with Crippen molar-refractivity contribution >= 4 is 18.3 Å². The number of halogens is 1. The third-order valence-corrected chi connectivity index (χ3v) is 5.22. The van der Waals surface area contributed by atoms with Gasteiger partial charge < -0.3 is 16.0 Å². The zero-order valence-electron chi connectivity index (χ0n) is 16.2. The Morgan fingerprint density at radius 3 is 2.38 bits per heavy atom. The molecule has 3 N–H and O–H groups in total. The van der Waals surface area contributed by atoms with Crippen LogP contribution in [0.3, 0.4) is 0 Å². The Bertz CT molecular complexity index is 506. The van der Waals surface area contributed by atoms with Gasteiger partial charge in [0, 0.05) is 39.3 Å². The lowest BCUT2D eigenvalue weighted by Crippen LogP contribution is -2.47. The fourth-order valence-electron chi connectivity index (χ4n) is 3.16. The molecule has 26 heavy (non-hydrogen) atoms. The van der Waals surface area contributed by atoms with Crippen LogP contribution in [-0.4, -0.2) is 61.0 Å². The van der Waals surface area contributed by atoms with E-state index in [4.69, 9.17) is 5.73 Å². The summed E-state index contributed by atoms with van der Waals surface area (Å²) in [5.74, 6) is 0.222. The molecule has 1 aromatic rings. The highest BCUT2D eigenvalue weighted by Crippen LogP contribution is 2.09. The van der Waals surface area contributed by atoms with Crippen molar-refractivity contribution in [3.05, 3.63) is 35.9 Å². The van der Waals surface area contributed by atoms with Gasteiger partial charge in [-0.1, -0.05) is 50.6 Å². The number of nitrogens with two attached hydrogens (primary N) is 1. The van der Waals surface area contributed by atoms with E-state index in [-0.39, 0.29) is 30.3 Å². The Morgan fingerprint density at radius 1 is 1.15 bits per heavy atom. The van der Waals surface area contributed by atoms with Gasteiger partial charge in [-0.3, -0.25) is 9.69 Å². The number of nitrogens with zero attached hydrogens (tertiary/aromatic N) is 2. The van der Waals surface area contributed by atoms with E-state index in [1.807, 2.05) is 6.92 Å². The van der Waals surface area contributed by atoms with Crippen molar-refractivity contribution in [1.29, 1.82) is 0 Å². The van der Waals surface area contributed by atoms with Gasteiger partial charge in [-0.2, -0.15) is 0 Å². The molecule has 0 bridgehead atoms. The molecule has 0 aliphatic carbocycles. The molecule has 0 spiro atoms. The van der Waals surface area contributed by atoms with Crippen molar-refractivity contribution in [2.24, 2.45) is 11.7 Å². The van der Waals surface area contributed by atoms with Crippen LogP contribution in [0.1, 0.15) is 32.3 Å². The number of benzene rings is 1. The van der Waals surface area contributed by atoms with Gasteiger partial charge in [-0.15, -0.1) is 12.4 Å². The van der Waals surface area contributed by atoms with Crippen LogP contribution in [0.15, 0.2) is 30.3 Å². The molecule has 1 amide bonds. The molecule has 5 nitrogen and oxygen atoms in total.